The fraction of sp³-hybridized carbons (Fsp3) is 0.500. The van der Waals surface area contributed by atoms with Crippen LogP contribution in [0.4, 0.5) is 0 Å². The molecule has 0 aromatic carbocycles. The van der Waals surface area contributed by atoms with Crippen molar-refractivity contribution in [3.05, 3.63) is 17.7 Å². The maximum absolute atomic E-state index is 11.9. The van der Waals surface area contributed by atoms with Crippen LogP contribution in [-0.4, -0.2) is 52.9 Å². The molecule has 3 N–H and O–H groups in total. The van der Waals surface area contributed by atoms with E-state index in [1.807, 2.05) is 0 Å². The average molecular weight is 287 g/mol. The zero-order valence-corrected chi connectivity index (χ0v) is 10.7. The monoisotopic (exact) mass is 287 g/mol. The van der Waals surface area contributed by atoms with E-state index in [1.54, 1.807) is 0 Å². The van der Waals surface area contributed by atoms with E-state index in [2.05, 4.69) is 15.3 Å². The number of aromatic amines is 1. The molecule has 104 valence electrons. The Hall–Kier alpha value is -1.90. The summed E-state index contributed by atoms with van der Waals surface area (Å²) in [6.07, 6.45) is 1.80. The van der Waals surface area contributed by atoms with Gasteiger partial charge in [-0.15, -0.1) is 0 Å². The Morgan fingerprint density at radius 2 is 2.00 bits per heavy atom. The number of carboxylic acid groups (broad SMARTS) is 1. The van der Waals surface area contributed by atoms with Gasteiger partial charge in [0.25, 0.3) is 5.91 Å². The first-order valence-corrected chi connectivity index (χ1v) is 7.49. The van der Waals surface area contributed by atoms with Gasteiger partial charge in [-0.05, 0) is 12.8 Å². The summed E-state index contributed by atoms with van der Waals surface area (Å²) in [4.78, 5) is 28.7. The van der Waals surface area contributed by atoms with Crippen molar-refractivity contribution in [3.63, 3.8) is 0 Å². The lowest BCUT2D eigenvalue weighted by Crippen LogP contribution is -2.41. The Kier molecular flexibility index (Phi) is 3.56. The highest BCUT2D eigenvalue weighted by atomic mass is 32.2. The molecule has 1 amide bonds. The Bertz CT molecular complexity index is 592. The van der Waals surface area contributed by atoms with Crippen molar-refractivity contribution in [1.82, 2.24) is 15.3 Å². The minimum absolute atomic E-state index is 0.0320. The molecular formula is C10H13N3O5S. The highest BCUT2D eigenvalue weighted by Gasteiger charge is 2.27. The molecule has 9 heteroatoms. The van der Waals surface area contributed by atoms with Crippen molar-refractivity contribution in [2.45, 2.75) is 18.9 Å². The van der Waals surface area contributed by atoms with Gasteiger partial charge in [-0.2, -0.15) is 0 Å². The fourth-order valence-corrected chi connectivity index (χ4v) is 3.41. The first-order chi connectivity index (χ1) is 8.89. The normalized spacial score (nSPS) is 18.9. The van der Waals surface area contributed by atoms with E-state index in [-0.39, 0.29) is 28.9 Å². The molecule has 1 aliphatic rings. The molecule has 0 atom stereocenters. The lowest BCUT2D eigenvalue weighted by molar-refractivity contribution is 0.0684. The molecule has 2 rings (SSSR count). The van der Waals surface area contributed by atoms with Crippen molar-refractivity contribution in [3.8, 4) is 0 Å². The Morgan fingerprint density at radius 3 is 2.58 bits per heavy atom. The number of imidazole rings is 1. The van der Waals surface area contributed by atoms with E-state index >= 15 is 0 Å². The van der Waals surface area contributed by atoms with Crippen LogP contribution in [0.25, 0.3) is 0 Å². The number of carbonyl (C=O) groups excluding carboxylic acids is 1. The number of nitrogens with zero attached hydrogens (tertiary/aromatic N) is 1. The maximum atomic E-state index is 11.9. The highest BCUT2D eigenvalue weighted by molar-refractivity contribution is 7.91. The largest absolute Gasteiger partial charge is 0.477 e. The highest BCUT2D eigenvalue weighted by Crippen LogP contribution is 2.13. The quantitative estimate of drug-likeness (QED) is 0.681. The minimum Gasteiger partial charge on any atom is -0.477 e. The lowest BCUT2D eigenvalue weighted by Gasteiger charge is -2.22. The summed E-state index contributed by atoms with van der Waals surface area (Å²) in [5, 5.41) is 11.5. The van der Waals surface area contributed by atoms with Crippen molar-refractivity contribution in [2.24, 2.45) is 0 Å². The topological polar surface area (TPSA) is 129 Å². The Balaban J connectivity index is 2.02. The van der Waals surface area contributed by atoms with Crippen molar-refractivity contribution >= 4 is 21.7 Å². The van der Waals surface area contributed by atoms with Crippen LogP contribution in [0.15, 0.2) is 6.33 Å². The number of carbonyl (C=O) groups is 2. The van der Waals surface area contributed by atoms with Crippen LogP contribution in [0.2, 0.25) is 0 Å². The summed E-state index contributed by atoms with van der Waals surface area (Å²) in [7, 11) is -2.99. The third kappa shape index (κ3) is 3.11. The number of hydrogen-bond donors (Lipinski definition) is 3. The zero-order chi connectivity index (χ0) is 14.0. The summed E-state index contributed by atoms with van der Waals surface area (Å²) >= 11 is 0. The first kappa shape index (κ1) is 13.5. The SMILES string of the molecule is O=C(NC1CCS(=O)(=O)CC1)c1nc[nH]c1C(=O)O. The standard InChI is InChI=1S/C10H13N3O5S/c14-9(7-8(10(15)16)12-5-11-7)13-6-1-3-19(17,18)4-2-6/h5-6H,1-4H2,(H,11,12)(H,13,14)(H,15,16). The molecule has 19 heavy (non-hydrogen) atoms. The molecular weight excluding hydrogens is 274 g/mol. The van der Waals surface area contributed by atoms with E-state index in [9.17, 15) is 18.0 Å². The molecule has 0 radical (unpaired) electrons. The molecule has 1 aliphatic heterocycles. The number of nitrogens with one attached hydrogen (secondary N) is 2. The van der Waals surface area contributed by atoms with Gasteiger partial charge in [0.15, 0.2) is 11.4 Å². The van der Waals surface area contributed by atoms with Crippen molar-refractivity contribution < 1.29 is 23.1 Å². The Morgan fingerprint density at radius 1 is 1.37 bits per heavy atom. The zero-order valence-electron chi connectivity index (χ0n) is 9.92. The van der Waals surface area contributed by atoms with Gasteiger partial charge in [0.05, 0.1) is 17.8 Å². The Labute approximate surface area is 109 Å². The number of amides is 1. The van der Waals surface area contributed by atoms with Crippen LogP contribution >= 0.6 is 0 Å². The second-order valence-electron chi connectivity index (χ2n) is 4.33. The van der Waals surface area contributed by atoms with E-state index < -0.39 is 21.7 Å². The molecule has 0 bridgehead atoms. The number of sulfone groups is 1. The van der Waals surface area contributed by atoms with Crippen LogP contribution in [0.3, 0.4) is 0 Å². The summed E-state index contributed by atoms with van der Waals surface area (Å²) in [5.74, 6) is -1.81. The second kappa shape index (κ2) is 5.00. The van der Waals surface area contributed by atoms with E-state index in [1.165, 1.54) is 0 Å². The third-order valence-electron chi connectivity index (χ3n) is 2.96. The minimum atomic E-state index is -2.99. The number of carboxylic acids is 1. The molecule has 0 unspecified atom stereocenters. The molecule has 8 nitrogen and oxygen atoms in total. The van der Waals surface area contributed by atoms with E-state index in [4.69, 9.17) is 5.11 Å². The second-order valence-corrected chi connectivity index (χ2v) is 6.63. The number of hydrogen-bond acceptors (Lipinski definition) is 5. The molecule has 1 aromatic heterocycles. The molecule has 1 aromatic rings. The predicted octanol–water partition coefficient (Wildman–Crippen LogP) is -0.585. The maximum Gasteiger partial charge on any atom is 0.354 e. The first-order valence-electron chi connectivity index (χ1n) is 5.67. The molecule has 0 aliphatic carbocycles. The van der Waals surface area contributed by atoms with Crippen molar-refractivity contribution in [1.29, 1.82) is 0 Å². The molecule has 2 heterocycles. The van der Waals surface area contributed by atoms with Crippen LogP contribution in [0.1, 0.15) is 33.8 Å². The lowest BCUT2D eigenvalue weighted by atomic mass is 10.1. The number of aromatic nitrogens is 2. The van der Waals surface area contributed by atoms with Gasteiger partial charge in [-0.3, -0.25) is 4.79 Å². The van der Waals surface area contributed by atoms with Gasteiger partial charge in [-0.25, -0.2) is 18.2 Å². The van der Waals surface area contributed by atoms with Gasteiger partial charge in [0.2, 0.25) is 0 Å². The molecule has 0 spiro atoms. The van der Waals surface area contributed by atoms with Crippen molar-refractivity contribution in [2.75, 3.05) is 11.5 Å². The number of H-pyrrole nitrogens is 1. The average Bonchev–Trinajstić information content (AvgIpc) is 2.81. The number of rotatable bonds is 3. The smallest absolute Gasteiger partial charge is 0.354 e. The van der Waals surface area contributed by atoms with E-state index in [0.29, 0.717) is 12.8 Å². The summed E-state index contributed by atoms with van der Waals surface area (Å²) in [6.45, 7) is 0. The summed E-state index contributed by atoms with van der Waals surface area (Å²) in [6, 6.07) is -0.269. The van der Waals surface area contributed by atoms with Crippen LogP contribution in [0, 0.1) is 0 Å². The van der Waals surface area contributed by atoms with Gasteiger partial charge < -0.3 is 15.4 Å². The number of aromatic carboxylic acids is 1. The summed E-state index contributed by atoms with van der Waals surface area (Å²) < 4.78 is 22.5. The third-order valence-corrected chi connectivity index (χ3v) is 4.67. The van der Waals surface area contributed by atoms with Crippen LogP contribution in [-0.2, 0) is 9.84 Å². The van der Waals surface area contributed by atoms with Gasteiger partial charge in [-0.1, -0.05) is 0 Å². The van der Waals surface area contributed by atoms with Crippen LogP contribution in [0.5, 0.6) is 0 Å². The van der Waals surface area contributed by atoms with E-state index in [0.717, 1.165) is 6.33 Å². The fourth-order valence-electron chi connectivity index (χ4n) is 1.92. The van der Waals surface area contributed by atoms with Crippen LogP contribution < -0.4 is 5.32 Å². The molecule has 1 fully saturated rings. The van der Waals surface area contributed by atoms with Gasteiger partial charge >= 0.3 is 5.97 Å². The summed E-state index contributed by atoms with van der Waals surface area (Å²) in [5.41, 5.74) is -0.470. The predicted molar refractivity (Wildman–Crippen MR) is 64.7 cm³/mol. The molecule has 0 saturated carbocycles. The molecule has 1 saturated heterocycles. The van der Waals surface area contributed by atoms with Gasteiger partial charge in [0.1, 0.15) is 9.84 Å². The van der Waals surface area contributed by atoms with Gasteiger partial charge in [0, 0.05) is 6.04 Å².